The number of anilines is 1. The molecule has 0 saturated heterocycles. The van der Waals surface area contributed by atoms with E-state index < -0.39 is 0 Å². The van der Waals surface area contributed by atoms with Gasteiger partial charge in [-0.15, -0.1) is 0 Å². The molecule has 0 aliphatic heterocycles. The molecule has 3 aromatic carbocycles. The van der Waals surface area contributed by atoms with Gasteiger partial charge < -0.3 is 10.4 Å². The first kappa shape index (κ1) is 23.4. The zero-order valence-electron chi connectivity index (χ0n) is 19.7. The van der Waals surface area contributed by atoms with Crippen LogP contribution in [-0.4, -0.2) is 5.11 Å². The van der Waals surface area contributed by atoms with Crippen LogP contribution in [-0.2, 0) is 17.1 Å². The molecule has 0 saturated carbocycles. The van der Waals surface area contributed by atoms with Crippen molar-refractivity contribution in [1.29, 1.82) is 0 Å². The van der Waals surface area contributed by atoms with Crippen LogP contribution in [0.5, 0.6) is 5.75 Å². The van der Waals surface area contributed by atoms with E-state index in [2.05, 4.69) is 108 Å². The normalized spacial score (nSPS) is 14.0. The summed E-state index contributed by atoms with van der Waals surface area (Å²) in [7, 11) is 0.565. The van der Waals surface area contributed by atoms with Crippen LogP contribution in [0.3, 0.4) is 0 Å². The first-order valence-corrected chi connectivity index (χ1v) is 12.1. The molecule has 0 radical (unpaired) electrons. The maximum Gasteiger partial charge on any atom is 0.123 e. The molecule has 2 unspecified atom stereocenters. The van der Waals surface area contributed by atoms with Crippen molar-refractivity contribution in [3.63, 3.8) is 0 Å². The van der Waals surface area contributed by atoms with Crippen molar-refractivity contribution in [3.8, 4) is 5.75 Å². The highest BCUT2D eigenvalue weighted by Crippen LogP contribution is 2.50. The van der Waals surface area contributed by atoms with Gasteiger partial charge in [0.15, 0.2) is 0 Å². The van der Waals surface area contributed by atoms with Crippen molar-refractivity contribution in [2.24, 2.45) is 0 Å². The zero-order chi connectivity index (χ0) is 22.6. The molecule has 0 aliphatic carbocycles. The minimum absolute atomic E-state index is 0.0971. The van der Waals surface area contributed by atoms with Gasteiger partial charge >= 0.3 is 0 Å². The van der Waals surface area contributed by atoms with E-state index in [1.807, 2.05) is 6.07 Å². The number of aromatic hydroxyl groups is 1. The molecule has 2 N–H and O–H groups in total. The SMILES string of the molecule is CCC(C)(Pc1ccccc1CNc1ccccc1)c1cc(C)cc(C(C)(C)C)c1O. The molecule has 2 atom stereocenters. The number of para-hydroxylation sites is 1. The summed E-state index contributed by atoms with van der Waals surface area (Å²) in [4.78, 5) is 0. The Morgan fingerprint density at radius 3 is 2.13 bits per heavy atom. The summed E-state index contributed by atoms with van der Waals surface area (Å²) >= 11 is 0. The molecule has 0 aliphatic rings. The Morgan fingerprint density at radius 1 is 0.871 bits per heavy atom. The van der Waals surface area contributed by atoms with Crippen molar-refractivity contribution in [3.05, 3.63) is 89.0 Å². The van der Waals surface area contributed by atoms with Gasteiger partial charge in [-0.25, -0.2) is 0 Å². The Balaban J connectivity index is 1.95. The molecule has 0 spiro atoms. The number of rotatable bonds is 7. The van der Waals surface area contributed by atoms with Gasteiger partial charge in [0, 0.05) is 23.0 Å². The second kappa shape index (κ2) is 9.45. The minimum atomic E-state index is -0.126. The summed E-state index contributed by atoms with van der Waals surface area (Å²) in [5.41, 5.74) is 5.66. The van der Waals surface area contributed by atoms with E-state index in [1.54, 1.807) is 0 Å². The highest BCUT2D eigenvalue weighted by Gasteiger charge is 2.32. The zero-order valence-corrected chi connectivity index (χ0v) is 20.7. The van der Waals surface area contributed by atoms with Crippen LogP contribution >= 0.6 is 8.58 Å². The first-order valence-electron chi connectivity index (χ1n) is 11.1. The van der Waals surface area contributed by atoms with Crippen LogP contribution in [0.4, 0.5) is 5.69 Å². The van der Waals surface area contributed by atoms with Crippen LogP contribution < -0.4 is 10.6 Å². The number of nitrogens with one attached hydrogen (secondary N) is 1. The quantitative estimate of drug-likeness (QED) is 0.385. The Labute approximate surface area is 189 Å². The Morgan fingerprint density at radius 2 is 1.48 bits per heavy atom. The number of aryl methyl sites for hydroxylation is 1. The monoisotopic (exact) mass is 433 g/mol. The average Bonchev–Trinajstić information content (AvgIpc) is 2.74. The third-order valence-electron chi connectivity index (χ3n) is 6.05. The molecule has 3 rings (SSSR count). The molecule has 3 heteroatoms. The van der Waals surface area contributed by atoms with Crippen molar-refractivity contribution < 1.29 is 5.11 Å². The third kappa shape index (κ3) is 5.49. The van der Waals surface area contributed by atoms with E-state index in [1.165, 1.54) is 16.4 Å². The second-order valence-electron chi connectivity index (χ2n) is 9.65. The molecule has 2 nitrogen and oxygen atoms in total. The molecule has 0 fully saturated rings. The first-order chi connectivity index (χ1) is 14.6. The number of phenols is 1. The lowest BCUT2D eigenvalue weighted by atomic mass is 9.82. The lowest BCUT2D eigenvalue weighted by Crippen LogP contribution is -2.22. The molecule has 0 aromatic heterocycles. The Kier molecular flexibility index (Phi) is 7.12. The van der Waals surface area contributed by atoms with Crippen LogP contribution in [0.2, 0.25) is 0 Å². The molecule has 0 bridgehead atoms. The largest absolute Gasteiger partial charge is 0.507 e. The van der Waals surface area contributed by atoms with E-state index in [9.17, 15) is 5.11 Å². The van der Waals surface area contributed by atoms with Crippen molar-refractivity contribution >= 4 is 19.6 Å². The van der Waals surface area contributed by atoms with E-state index in [0.29, 0.717) is 14.3 Å². The summed E-state index contributed by atoms with van der Waals surface area (Å²) in [6, 6.07) is 23.4. The van der Waals surface area contributed by atoms with Crippen LogP contribution in [0.25, 0.3) is 0 Å². The highest BCUT2D eigenvalue weighted by atomic mass is 31.1. The summed E-state index contributed by atoms with van der Waals surface area (Å²) in [5.74, 6) is 0.467. The maximum atomic E-state index is 11.3. The summed E-state index contributed by atoms with van der Waals surface area (Å²) in [6.07, 6.45) is 0.965. The highest BCUT2D eigenvalue weighted by molar-refractivity contribution is 7.48. The molecule has 31 heavy (non-hydrogen) atoms. The van der Waals surface area contributed by atoms with Crippen LogP contribution in [0.15, 0.2) is 66.7 Å². The number of hydrogen-bond acceptors (Lipinski definition) is 2. The van der Waals surface area contributed by atoms with Gasteiger partial charge in [-0.05, 0) is 47.3 Å². The summed E-state index contributed by atoms with van der Waals surface area (Å²) in [6.45, 7) is 14.0. The standard InChI is InChI=1S/C28H36NOP/c1-7-28(6,24-18-20(2)17-23(26(24)30)27(3,4)5)31-25-16-12-11-13-21(25)19-29-22-14-9-8-10-15-22/h8-18,29-31H,7,19H2,1-6H3. The Hall–Kier alpha value is -2.31. The fourth-order valence-electron chi connectivity index (χ4n) is 3.96. The lowest BCUT2D eigenvalue weighted by molar-refractivity contribution is 0.430. The second-order valence-corrected chi connectivity index (χ2v) is 11.5. The van der Waals surface area contributed by atoms with Gasteiger partial charge in [0.2, 0.25) is 0 Å². The van der Waals surface area contributed by atoms with Gasteiger partial charge in [-0.2, -0.15) is 0 Å². The Bertz CT molecular complexity index is 1020. The van der Waals surface area contributed by atoms with Gasteiger partial charge in [-0.1, -0.05) is 103 Å². The van der Waals surface area contributed by atoms with Crippen molar-refractivity contribution in [2.75, 3.05) is 5.32 Å². The third-order valence-corrected chi connectivity index (χ3v) is 7.98. The van der Waals surface area contributed by atoms with Crippen LogP contribution in [0.1, 0.15) is 63.3 Å². The summed E-state index contributed by atoms with van der Waals surface area (Å²) < 4.78 is 0. The fraction of sp³-hybridized carbons (Fsp3) is 0.357. The van der Waals surface area contributed by atoms with Crippen molar-refractivity contribution in [1.82, 2.24) is 0 Å². The van der Waals surface area contributed by atoms with Gasteiger partial charge in [0.05, 0.1) is 0 Å². The molecule has 0 heterocycles. The van der Waals surface area contributed by atoms with Crippen molar-refractivity contribution in [2.45, 2.75) is 65.1 Å². The number of hydrogen-bond donors (Lipinski definition) is 2. The minimum Gasteiger partial charge on any atom is -0.507 e. The predicted octanol–water partition coefficient (Wildman–Crippen LogP) is 7.24. The smallest absolute Gasteiger partial charge is 0.123 e. The van der Waals surface area contributed by atoms with Gasteiger partial charge in [0.1, 0.15) is 5.75 Å². The maximum absolute atomic E-state index is 11.3. The molecular weight excluding hydrogens is 397 g/mol. The lowest BCUT2D eigenvalue weighted by Gasteiger charge is -2.33. The van der Waals surface area contributed by atoms with Gasteiger partial charge in [-0.3, -0.25) is 0 Å². The van der Waals surface area contributed by atoms with Gasteiger partial charge in [0.25, 0.3) is 0 Å². The van der Waals surface area contributed by atoms with E-state index >= 15 is 0 Å². The molecule has 0 amide bonds. The van der Waals surface area contributed by atoms with Crippen LogP contribution in [0, 0.1) is 6.92 Å². The van der Waals surface area contributed by atoms with E-state index in [0.717, 1.165) is 29.8 Å². The van der Waals surface area contributed by atoms with E-state index in [4.69, 9.17) is 0 Å². The molecule has 3 aromatic rings. The average molecular weight is 434 g/mol. The molecule has 164 valence electrons. The summed E-state index contributed by atoms with van der Waals surface area (Å²) in [5, 5.41) is 16.1. The topological polar surface area (TPSA) is 32.3 Å². The number of phenolic OH excluding ortho intramolecular Hbond substituents is 1. The number of benzene rings is 3. The predicted molar refractivity (Wildman–Crippen MR) is 137 cm³/mol. The van der Waals surface area contributed by atoms with E-state index in [-0.39, 0.29) is 10.6 Å². The molecular formula is C28H36NOP. The fourth-order valence-corrected chi connectivity index (χ4v) is 5.57.